The first kappa shape index (κ1) is 13.4. The summed E-state index contributed by atoms with van der Waals surface area (Å²) in [5.74, 6) is 0. The Kier molecular flexibility index (Phi) is 3.66. The Labute approximate surface area is 110 Å². The molecule has 96 valence electrons. The van der Waals surface area contributed by atoms with Crippen LogP contribution in [-0.4, -0.2) is 5.11 Å². The molecule has 1 N–H and O–H groups in total. The van der Waals surface area contributed by atoms with Crippen LogP contribution in [0.3, 0.4) is 0 Å². The third-order valence-corrected chi connectivity index (χ3v) is 3.72. The normalized spacial score (nSPS) is 13.6. The van der Waals surface area contributed by atoms with E-state index in [-0.39, 0.29) is 5.56 Å². The molecule has 1 aromatic heterocycles. The molecule has 1 aromatic carbocycles. The molecule has 0 spiro atoms. The molecule has 2 aromatic rings. The SMILES string of the molecule is OC(c1cccc(C(F)(F)F)c1)c1cc(Cl)cs1. The fourth-order valence-corrected chi connectivity index (χ4v) is 2.61. The highest BCUT2D eigenvalue weighted by Gasteiger charge is 2.31. The van der Waals surface area contributed by atoms with Gasteiger partial charge in [-0.15, -0.1) is 11.3 Å². The van der Waals surface area contributed by atoms with Crippen LogP contribution in [0.5, 0.6) is 0 Å². The van der Waals surface area contributed by atoms with Gasteiger partial charge in [0.2, 0.25) is 0 Å². The van der Waals surface area contributed by atoms with Crippen molar-refractivity contribution in [1.29, 1.82) is 0 Å². The third kappa shape index (κ3) is 2.85. The number of hydrogen-bond donors (Lipinski definition) is 1. The molecule has 0 amide bonds. The summed E-state index contributed by atoms with van der Waals surface area (Å²) in [5, 5.41) is 12.1. The summed E-state index contributed by atoms with van der Waals surface area (Å²) < 4.78 is 37.6. The third-order valence-electron chi connectivity index (χ3n) is 2.39. The predicted molar refractivity (Wildman–Crippen MR) is 64.8 cm³/mol. The van der Waals surface area contributed by atoms with Gasteiger partial charge >= 0.3 is 6.18 Å². The Morgan fingerprint density at radius 1 is 1.22 bits per heavy atom. The van der Waals surface area contributed by atoms with Crippen molar-refractivity contribution in [3.8, 4) is 0 Å². The van der Waals surface area contributed by atoms with Crippen LogP contribution in [0.1, 0.15) is 22.1 Å². The van der Waals surface area contributed by atoms with Crippen molar-refractivity contribution < 1.29 is 18.3 Å². The van der Waals surface area contributed by atoms with Crippen LogP contribution in [0.15, 0.2) is 35.7 Å². The van der Waals surface area contributed by atoms with Crippen LogP contribution in [0.4, 0.5) is 13.2 Å². The average Bonchev–Trinajstić information content (AvgIpc) is 2.74. The van der Waals surface area contributed by atoms with E-state index >= 15 is 0 Å². The van der Waals surface area contributed by atoms with E-state index in [2.05, 4.69) is 0 Å². The molecule has 0 aliphatic carbocycles. The maximum atomic E-state index is 12.5. The molecule has 0 aliphatic rings. The van der Waals surface area contributed by atoms with Gasteiger partial charge in [-0.25, -0.2) is 0 Å². The molecule has 2 rings (SSSR count). The van der Waals surface area contributed by atoms with Crippen molar-refractivity contribution in [2.45, 2.75) is 12.3 Å². The second kappa shape index (κ2) is 4.91. The van der Waals surface area contributed by atoms with Gasteiger partial charge in [0.25, 0.3) is 0 Å². The van der Waals surface area contributed by atoms with Gasteiger partial charge in [-0.1, -0.05) is 23.7 Å². The Hall–Kier alpha value is -1.04. The van der Waals surface area contributed by atoms with Crippen molar-refractivity contribution >= 4 is 22.9 Å². The summed E-state index contributed by atoms with van der Waals surface area (Å²) in [5.41, 5.74) is -0.579. The maximum Gasteiger partial charge on any atom is 0.416 e. The Morgan fingerprint density at radius 2 is 1.94 bits per heavy atom. The summed E-state index contributed by atoms with van der Waals surface area (Å²) in [6.45, 7) is 0. The molecule has 0 radical (unpaired) electrons. The van der Waals surface area contributed by atoms with Gasteiger partial charge in [-0.05, 0) is 23.8 Å². The summed E-state index contributed by atoms with van der Waals surface area (Å²) in [6.07, 6.45) is -5.51. The standard InChI is InChI=1S/C12H8ClF3OS/c13-9-5-10(18-6-9)11(17)7-2-1-3-8(4-7)12(14,15)16/h1-6,11,17H. The summed E-state index contributed by atoms with van der Waals surface area (Å²) in [6, 6.07) is 6.18. The van der Waals surface area contributed by atoms with E-state index < -0.39 is 17.8 Å². The van der Waals surface area contributed by atoms with Gasteiger partial charge in [0.05, 0.1) is 10.6 Å². The van der Waals surface area contributed by atoms with Crippen molar-refractivity contribution in [2.75, 3.05) is 0 Å². The quantitative estimate of drug-likeness (QED) is 0.864. The first-order valence-electron chi connectivity index (χ1n) is 4.97. The number of rotatable bonds is 2. The summed E-state index contributed by atoms with van der Waals surface area (Å²) in [4.78, 5) is 0.513. The van der Waals surface area contributed by atoms with E-state index in [1.165, 1.54) is 29.5 Å². The zero-order chi connectivity index (χ0) is 13.3. The molecule has 1 atom stereocenters. The van der Waals surface area contributed by atoms with Crippen LogP contribution in [0.2, 0.25) is 5.02 Å². The number of thiophene rings is 1. The molecule has 1 nitrogen and oxygen atoms in total. The lowest BCUT2D eigenvalue weighted by Gasteiger charge is -2.12. The first-order chi connectivity index (χ1) is 8.38. The van der Waals surface area contributed by atoms with Crippen molar-refractivity contribution in [3.63, 3.8) is 0 Å². The lowest BCUT2D eigenvalue weighted by molar-refractivity contribution is -0.137. The van der Waals surface area contributed by atoms with Crippen LogP contribution < -0.4 is 0 Å². The molecule has 1 heterocycles. The highest BCUT2D eigenvalue weighted by atomic mass is 35.5. The van der Waals surface area contributed by atoms with Gasteiger partial charge in [-0.3, -0.25) is 0 Å². The van der Waals surface area contributed by atoms with E-state index in [0.717, 1.165) is 12.1 Å². The number of hydrogen-bond acceptors (Lipinski definition) is 2. The van der Waals surface area contributed by atoms with Gasteiger partial charge in [0.1, 0.15) is 6.10 Å². The van der Waals surface area contributed by atoms with Gasteiger partial charge in [-0.2, -0.15) is 13.2 Å². The molecule has 0 fully saturated rings. The maximum absolute atomic E-state index is 12.5. The number of aliphatic hydroxyl groups excluding tert-OH is 1. The van der Waals surface area contributed by atoms with E-state index in [0.29, 0.717) is 9.90 Å². The molecule has 0 saturated carbocycles. The van der Waals surface area contributed by atoms with Crippen LogP contribution in [0.25, 0.3) is 0 Å². The highest BCUT2D eigenvalue weighted by Crippen LogP contribution is 2.34. The minimum atomic E-state index is -4.41. The first-order valence-corrected chi connectivity index (χ1v) is 6.23. The van der Waals surface area contributed by atoms with E-state index in [1.807, 2.05) is 0 Å². The molecule has 6 heteroatoms. The molecular formula is C12H8ClF3OS. The smallest absolute Gasteiger partial charge is 0.383 e. The largest absolute Gasteiger partial charge is 0.416 e. The second-order valence-corrected chi connectivity index (χ2v) is 5.07. The van der Waals surface area contributed by atoms with E-state index in [4.69, 9.17) is 11.6 Å². The zero-order valence-electron chi connectivity index (χ0n) is 8.91. The average molecular weight is 293 g/mol. The lowest BCUT2D eigenvalue weighted by Crippen LogP contribution is -2.06. The Morgan fingerprint density at radius 3 is 2.50 bits per heavy atom. The van der Waals surface area contributed by atoms with E-state index in [1.54, 1.807) is 5.38 Å². The molecular weight excluding hydrogens is 285 g/mol. The summed E-state index contributed by atoms with van der Waals surface area (Å²) in [7, 11) is 0. The predicted octanol–water partition coefficient (Wildman–Crippen LogP) is 4.50. The highest BCUT2D eigenvalue weighted by molar-refractivity contribution is 7.10. The van der Waals surface area contributed by atoms with Gasteiger partial charge in [0.15, 0.2) is 0 Å². The lowest BCUT2D eigenvalue weighted by atomic mass is 10.0. The van der Waals surface area contributed by atoms with Crippen LogP contribution >= 0.6 is 22.9 Å². The van der Waals surface area contributed by atoms with Crippen molar-refractivity contribution in [2.24, 2.45) is 0 Å². The topological polar surface area (TPSA) is 20.2 Å². The van der Waals surface area contributed by atoms with Crippen LogP contribution in [0, 0.1) is 0 Å². The molecule has 0 bridgehead atoms. The van der Waals surface area contributed by atoms with Crippen LogP contribution in [-0.2, 0) is 6.18 Å². The zero-order valence-corrected chi connectivity index (χ0v) is 10.5. The second-order valence-electron chi connectivity index (χ2n) is 3.69. The van der Waals surface area contributed by atoms with Gasteiger partial charge in [0, 0.05) is 10.3 Å². The number of benzene rings is 1. The Balaban J connectivity index is 2.34. The molecule has 0 aliphatic heterocycles. The number of alkyl halides is 3. The minimum Gasteiger partial charge on any atom is -0.383 e. The monoisotopic (exact) mass is 292 g/mol. The Bertz CT molecular complexity index is 550. The van der Waals surface area contributed by atoms with Crippen molar-refractivity contribution in [3.05, 3.63) is 56.7 Å². The molecule has 18 heavy (non-hydrogen) atoms. The van der Waals surface area contributed by atoms with E-state index in [9.17, 15) is 18.3 Å². The fraction of sp³-hybridized carbons (Fsp3) is 0.167. The number of halogens is 4. The fourth-order valence-electron chi connectivity index (χ4n) is 1.52. The molecule has 0 saturated heterocycles. The summed E-state index contributed by atoms with van der Waals surface area (Å²) >= 11 is 6.92. The van der Waals surface area contributed by atoms with Gasteiger partial charge < -0.3 is 5.11 Å². The van der Waals surface area contributed by atoms with Crippen molar-refractivity contribution in [1.82, 2.24) is 0 Å². The molecule has 1 unspecified atom stereocenters. The number of aliphatic hydroxyl groups is 1. The minimum absolute atomic E-state index is 0.198.